The maximum absolute atomic E-state index is 12.7. The molecule has 0 aromatic carbocycles. The Morgan fingerprint density at radius 2 is 2.25 bits per heavy atom. The number of nitrogens with one attached hydrogen (secondary N) is 1. The van der Waals surface area contributed by atoms with Crippen molar-refractivity contribution in [1.29, 1.82) is 0 Å². The Hall–Kier alpha value is -2.78. The number of hydrogen-bond donors (Lipinski definition) is 2. The molecule has 2 rings (SSSR count). The molecule has 144 valence electrons. The molecular formula is C19H17BrFN5OS. The topological polar surface area (TPSA) is 93.3 Å². The van der Waals surface area contributed by atoms with Crippen molar-refractivity contribution >= 4 is 56.7 Å². The van der Waals surface area contributed by atoms with Gasteiger partial charge in [-0.2, -0.15) is 4.40 Å². The summed E-state index contributed by atoms with van der Waals surface area (Å²) >= 11 is 3.00. The number of rotatable bonds is 7. The highest BCUT2D eigenvalue weighted by atomic mass is 79.9. The van der Waals surface area contributed by atoms with Crippen molar-refractivity contribution in [3.05, 3.63) is 77.1 Å². The number of halogens is 2. The normalized spacial score (nSPS) is 13.2. The second-order valence-corrected chi connectivity index (χ2v) is 6.59. The maximum Gasteiger partial charge on any atom is 0.276 e. The third-order valence-corrected chi connectivity index (χ3v) is 4.08. The molecule has 0 fully saturated rings. The fourth-order valence-corrected chi connectivity index (χ4v) is 2.75. The van der Waals surface area contributed by atoms with Crippen molar-refractivity contribution in [3.8, 4) is 0 Å². The molecule has 0 spiro atoms. The average Bonchev–Trinajstić information content (AvgIpc) is 2.67. The van der Waals surface area contributed by atoms with Gasteiger partial charge in [0.1, 0.15) is 11.5 Å². The van der Waals surface area contributed by atoms with Gasteiger partial charge in [0, 0.05) is 21.8 Å². The van der Waals surface area contributed by atoms with E-state index in [1.165, 1.54) is 6.08 Å². The molecule has 0 aliphatic carbocycles. The van der Waals surface area contributed by atoms with Crippen molar-refractivity contribution < 1.29 is 8.68 Å². The van der Waals surface area contributed by atoms with Gasteiger partial charge in [-0.3, -0.25) is 4.79 Å². The number of allylic oxidation sites excluding steroid dienone is 4. The van der Waals surface area contributed by atoms with Crippen LogP contribution in [0.4, 0.5) is 9.70 Å². The molecule has 9 heteroatoms. The van der Waals surface area contributed by atoms with Gasteiger partial charge >= 0.3 is 0 Å². The van der Waals surface area contributed by atoms with Crippen LogP contribution < -0.4 is 11.1 Å². The van der Waals surface area contributed by atoms with E-state index in [0.29, 0.717) is 11.2 Å². The molecule has 0 aliphatic rings. The average molecular weight is 462 g/mol. The van der Waals surface area contributed by atoms with Crippen LogP contribution in [0.1, 0.15) is 6.92 Å². The zero-order valence-electron chi connectivity index (χ0n) is 14.9. The number of aromatic nitrogens is 2. The molecule has 0 saturated carbocycles. The summed E-state index contributed by atoms with van der Waals surface area (Å²) in [7, 11) is 0. The molecule has 0 unspecified atom stereocenters. The first-order valence-corrected chi connectivity index (χ1v) is 9.47. The highest BCUT2D eigenvalue weighted by molar-refractivity contribution is 9.10. The molecule has 0 saturated heterocycles. The second-order valence-electron chi connectivity index (χ2n) is 5.35. The Balaban J connectivity index is 2.29. The molecule has 2 aromatic heterocycles. The van der Waals surface area contributed by atoms with Crippen molar-refractivity contribution in [1.82, 2.24) is 9.97 Å². The van der Waals surface area contributed by atoms with Crippen molar-refractivity contribution in [2.75, 3.05) is 5.32 Å². The summed E-state index contributed by atoms with van der Waals surface area (Å²) in [6.07, 6.45) is 9.63. The Morgan fingerprint density at radius 3 is 2.93 bits per heavy atom. The summed E-state index contributed by atoms with van der Waals surface area (Å²) in [5.41, 5.74) is 7.12. The molecule has 0 radical (unpaired) electrons. The fraction of sp³-hybridized carbons (Fsp3) is 0.0526. The Labute approximate surface area is 174 Å². The van der Waals surface area contributed by atoms with Crippen LogP contribution in [0.25, 0.3) is 11.0 Å². The minimum atomic E-state index is -0.657. The van der Waals surface area contributed by atoms with Gasteiger partial charge in [-0.05, 0) is 52.7 Å². The molecule has 6 nitrogen and oxygen atoms in total. The van der Waals surface area contributed by atoms with Crippen LogP contribution in [0.15, 0.2) is 81.5 Å². The number of nitrogens with zero attached hydrogens (tertiary/aromatic N) is 3. The monoisotopic (exact) mass is 461 g/mol. The predicted molar refractivity (Wildman–Crippen MR) is 117 cm³/mol. The minimum absolute atomic E-state index is 0.199. The molecule has 2 heterocycles. The quantitative estimate of drug-likeness (QED) is 0.349. The van der Waals surface area contributed by atoms with E-state index in [4.69, 9.17) is 5.73 Å². The number of fused-ring (bicyclic) bond motifs is 1. The minimum Gasteiger partial charge on any atom is -0.398 e. The smallest absolute Gasteiger partial charge is 0.276 e. The molecular weight excluding hydrogens is 445 g/mol. The van der Waals surface area contributed by atoms with E-state index < -0.39 is 5.91 Å². The van der Waals surface area contributed by atoms with Crippen LogP contribution in [0.2, 0.25) is 0 Å². The van der Waals surface area contributed by atoms with E-state index in [-0.39, 0.29) is 29.6 Å². The number of carbonyl (C=O) groups is 1. The lowest BCUT2D eigenvalue weighted by Gasteiger charge is -2.07. The number of pyridine rings is 2. The molecule has 0 atom stereocenters. The Bertz CT molecular complexity index is 1020. The van der Waals surface area contributed by atoms with Gasteiger partial charge in [-0.25, -0.2) is 9.97 Å². The Kier molecular flexibility index (Phi) is 8.09. The van der Waals surface area contributed by atoms with E-state index in [1.54, 1.807) is 42.6 Å². The summed E-state index contributed by atoms with van der Waals surface area (Å²) < 4.78 is 17.1. The fourth-order valence-electron chi connectivity index (χ4n) is 2.19. The van der Waals surface area contributed by atoms with Crippen LogP contribution >= 0.6 is 28.3 Å². The third-order valence-electron chi connectivity index (χ3n) is 3.39. The first kappa shape index (κ1) is 21.5. The SMILES string of the molecule is C=C/C=C(\C=C/C)C(/N)=C/C(=N/SF)C(=O)Nc1ccc2cc(Br)cnc2n1. The number of amides is 1. The number of hydrogen-bond acceptors (Lipinski definition) is 6. The van der Waals surface area contributed by atoms with Crippen LogP contribution in [-0.4, -0.2) is 21.6 Å². The standard InChI is InChI=1S/C19H17BrFN5OS/c1-3-5-12(6-4-2)15(22)10-16(26-28-21)19(27)25-17-8-7-13-9-14(20)11-23-18(13)24-17/h3-11H,1,22H2,2H3,(H,23,24,25,27)/b6-4-,12-5+,15-10-,26-16-. The van der Waals surface area contributed by atoms with Gasteiger partial charge in [-0.15, -0.1) is 3.89 Å². The van der Waals surface area contributed by atoms with E-state index in [9.17, 15) is 8.68 Å². The summed E-state index contributed by atoms with van der Waals surface area (Å²) in [5, 5.41) is 3.37. The lowest BCUT2D eigenvalue weighted by molar-refractivity contribution is -0.110. The van der Waals surface area contributed by atoms with Gasteiger partial charge in [0.15, 0.2) is 18.0 Å². The maximum atomic E-state index is 12.7. The molecule has 0 bridgehead atoms. The van der Waals surface area contributed by atoms with Crippen LogP contribution in [-0.2, 0) is 4.79 Å². The summed E-state index contributed by atoms with van der Waals surface area (Å²) in [5.74, 6) is -0.401. The lowest BCUT2D eigenvalue weighted by Crippen LogP contribution is -2.23. The third kappa shape index (κ3) is 5.86. The van der Waals surface area contributed by atoms with E-state index in [1.807, 2.05) is 13.0 Å². The molecule has 1 amide bonds. The first-order valence-electron chi connectivity index (χ1n) is 8.00. The molecule has 0 aliphatic heterocycles. The number of nitrogens with two attached hydrogens (primary N) is 1. The zero-order valence-corrected chi connectivity index (χ0v) is 17.3. The first-order chi connectivity index (χ1) is 13.5. The highest BCUT2D eigenvalue weighted by Gasteiger charge is 2.13. The largest absolute Gasteiger partial charge is 0.398 e. The van der Waals surface area contributed by atoms with Crippen molar-refractivity contribution in [3.63, 3.8) is 0 Å². The second kappa shape index (κ2) is 10.5. The van der Waals surface area contributed by atoms with Gasteiger partial charge in [-0.1, -0.05) is 30.9 Å². The van der Waals surface area contributed by atoms with Crippen LogP contribution in [0.3, 0.4) is 0 Å². The van der Waals surface area contributed by atoms with E-state index >= 15 is 0 Å². The van der Waals surface area contributed by atoms with Crippen molar-refractivity contribution in [2.45, 2.75) is 6.92 Å². The van der Waals surface area contributed by atoms with Crippen LogP contribution in [0.5, 0.6) is 0 Å². The highest BCUT2D eigenvalue weighted by Crippen LogP contribution is 2.18. The summed E-state index contributed by atoms with van der Waals surface area (Å²) in [6.45, 7) is 5.44. The number of anilines is 1. The van der Waals surface area contributed by atoms with Gasteiger partial charge < -0.3 is 11.1 Å². The van der Waals surface area contributed by atoms with Crippen LogP contribution in [0, 0.1) is 0 Å². The lowest BCUT2D eigenvalue weighted by atomic mass is 10.1. The predicted octanol–water partition coefficient (Wildman–Crippen LogP) is 4.84. The Morgan fingerprint density at radius 1 is 1.46 bits per heavy atom. The molecule has 3 N–H and O–H groups in total. The summed E-state index contributed by atoms with van der Waals surface area (Å²) in [4.78, 5) is 21.0. The van der Waals surface area contributed by atoms with Gasteiger partial charge in [0.25, 0.3) is 5.91 Å². The van der Waals surface area contributed by atoms with Crippen molar-refractivity contribution in [2.24, 2.45) is 10.1 Å². The molecule has 28 heavy (non-hydrogen) atoms. The molecule has 2 aromatic rings. The van der Waals surface area contributed by atoms with E-state index in [0.717, 1.165) is 9.86 Å². The summed E-state index contributed by atoms with van der Waals surface area (Å²) in [6, 6.07) is 5.23. The zero-order chi connectivity index (χ0) is 20.5. The van der Waals surface area contributed by atoms with Gasteiger partial charge in [0.2, 0.25) is 0 Å². The van der Waals surface area contributed by atoms with E-state index in [2.05, 4.69) is 42.2 Å². The van der Waals surface area contributed by atoms with Gasteiger partial charge in [0.05, 0.1) is 0 Å². The number of carbonyl (C=O) groups excluding carboxylic acids is 1.